The lowest BCUT2D eigenvalue weighted by molar-refractivity contribution is -0.131. The zero-order valence-corrected chi connectivity index (χ0v) is 16.3. The van der Waals surface area contributed by atoms with E-state index < -0.39 is 18.1 Å². The lowest BCUT2D eigenvalue weighted by Gasteiger charge is -2.24. The molecule has 0 saturated carbocycles. The number of carbonyl (C=O) groups is 3. The van der Waals surface area contributed by atoms with Gasteiger partial charge in [-0.15, -0.1) is 0 Å². The first-order valence-electron chi connectivity index (χ1n) is 8.51. The van der Waals surface area contributed by atoms with E-state index in [0.29, 0.717) is 25.2 Å². The Kier molecular flexibility index (Phi) is 11.8. The van der Waals surface area contributed by atoms with Gasteiger partial charge in [-0.1, -0.05) is 27.7 Å². The van der Waals surface area contributed by atoms with Crippen molar-refractivity contribution in [3.05, 3.63) is 0 Å². The molecule has 0 aromatic heterocycles. The van der Waals surface area contributed by atoms with Crippen molar-refractivity contribution in [3.8, 4) is 0 Å². The third kappa shape index (κ3) is 9.93. The lowest BCUT2D eigenvalue weighted by atomic mass is 10.0. The summed E-state index contributed by atoms with van der Waals surface area (Å²) < 4.78 is 0. The highest BCUT2D eigenvalue weighted by molar-refractivity contribution is 7.98. The van der Waals surface area contributed by atoms with E-state index in [0.717, 1.165) is 12.0 Å². The predicted molar refractivity (Wildman–Crippen MR) is 99.8 cm³/mol. The van der Waals surface area contributed by atoms with Crippen LogP contribution >= 0.6 is 11.8 Å². The molecule has 2 amide bonds. The van der Waals surface area contributed by atoms with Crippen LogP contribution in [0.15, 0.2) is 0 Å². The smallest absolute Gasteiger partial charge is 0.243 e. The maximum Gasteiger partial charge on any atom is 0.243 e. The van der Waals surface area contributed by atoms with Gasteiger partial charge in [-0.25, -0.2) is 0 Å². The predicted octanol–water partition coefficient (Wildman–Crippen LogP) is 1.33. The molecule has 0 aromatic carbocycles. The van der Waals surface area contributed by atoms with E-state index in [1.54, 1.807) is 11.8 Å². The number of hydrogen-bond acceptors (Lipinski definition) is 5. The van der Waals surface area contributed by atoms with Crippen LogP contribution in [-0.2, 0) is 14.4 Å². The Morgan fingerprint density at radius 3 is 2.08 bits per heavy atom. The van der Waals surface area contributed by atoms with Crippen LogP contribution in [0.1, 0.15) is 47.0 Å². The maximum absolute atomic E-state index is 12.5. The molecule has 0 aliphatic heterocycles. The zero-order chi connectivity index (χ0) is 18.7. The van der Waals surface area contributed by atoms with Gasteiger partial charge in [0.05, 0.1) is 12.1 Å². The summed E-state index contributed by atoms with van der Waals surface area (Å²) in [5.74, 6) is 0.657. The van der Waals surface area contributed by atoms with Crippen LogP contribution in [0, 0.1) is 11.8 Å². The summed E-state index contributed by atoms with van der Waals surface area (Å²) in [5, 5.41) is 5.46. The molecule has 0 aliphatic carbocycles. The Bertz CT molecular complexity index is 403. The van der Waals surface area contributed by atoms with E-state index in [1.807, 2.05) is 34.0 Å². The molecular weight excluding hydrogens is 326 g/mol. The van der Waals surface area contributed by atoms with E-state index in [2.05, 4.69) is 10.6 Å². The maximum atomic E-state index is 12.5. The molecule has 0 saturated heterocycles. The van der Waals surface area contributed by atoms with Gasteiger partial charge in [0.15, 0.2) is 0 Å². The van der Waals surface area contributed by atoms with Crippen LogP contribution < -0.4 is 16.4 Å². The average molecular weight is 360 g/mol. The molecule has 0 radical (unpaired) electrons. The highest BCUT2D eigenvalue weighted by Crippen LogP contribution is 2.08. The summed E-state index contributed by atoms with van der Waals surface area (Å²) in [4.78, 5) is 35.8. The molecule has 0 rings (SSSR count). The van der Waals surface area contributed by atoms with E-state index >= 15 is 0 Å². The molecule has 0 aromatic rings. The van der Waals surface area contributed by atoms with Crippen LogP contribution in [0.3, 0.4) is 0 Å². The van der Waals surface area contributed by atoms with E-state index in [-0.39, 0.29) is 17.7 Å². The fourth-order valence-corrected chi connectivity index (χ4v) is 2.79. The lowest BCUT2D eigenvalue weighted by Crippen LogP contribution is -2.54. The largest absolute Gasteiger partial charge is 0.345 e. The number of nitrogens with one attached hydrogen (secondary N) is 2. The normalized spacial score (nSPS) is 15.0. The molecule has 0 spiro atoms. The molecule has 0 unspecified atom stereocenters. The standard InChI is InChI=1S/C17H33N3O3S/c1-11(2)8-14(18)16(22)20-15(9-12(3)4)17(23)19-13(10-21)6-7-24-5/h10-15H,6-9,18H2,1-5H3,(H,19,23)(H,20,22)/t13-,14-,15-/m0/s1. The second-order valence-electron chi connectivity index (χ2n) is 6.96. The van der Waals surface area contributed by atoms with Crippen LogP contribution in [0.4, 0.5) is 0 Å². The van der Waals surface area contributed by atoms with E-state index in [9.17, 15) is 14.4 Å². The van der Waals surface area contributed by atoms with Gasteiger partial charge < -0.3 is 21.2 Å². The number of carbonyl (C=O) groups excluding carboxylic acids is 3. The molecule has 0 bridgehead atoms. The fraction of sp³-hybridized carbons (Fsp3) is 0.824. The van der Waals surface area contributed by atoms with Gasteiger partial charge in [0, 0.05) is 0 Å². The molecule has 3 atom stereocenters. The van der Waals surface area contributed by atoms with Crippen LogP contribution in [0.25, 0.3) is 0 Å². The summed E-state index contributed by atoms with van der Waals surface area (Å²) in [7, 11) is 0. The Morgan fingerprint density at radius 1 is 1.04 bits per heavy atom. The second kappa shape index (κ2) is 12.3. The summed E-state index contributed by atoms with van der Waals surface area (Å²) in [6.07, 6.45) is 4.33. The molecular formula is C17H33N3O3S. The minimum atomic E-state index is -0.674. The number of rotatable bonds is 12. The van der Waals surface area contributed by atoms with Crippen molar-refractivity contribution in [2.75, 3.05) is 12.0 Å². The highest BCUT2D eigenvalue weighted by atomic mass is 32.2. The van der Waals surface area contributed by atoms with Gasteiger partial charge in [0.2, 0.25) is 11.8 Å². The van der Waals surface area contributed by atoms with Gasteiger partial charge in [-0.3, -0.25) is 9.59 Å². The number of amides is 2. The van der Waals surface area contributed by atoms with Crippen molar-refractivity contribution in [1.82, 2.24) is 10.6 Å². The van der Waals surface area contributed by atoms with E-state index in [1.165, 1.54) is 0 Å². The quantitative estimate of drug-likeness (QED) is 0.456. The van der Waals surface area contributed by atoms with Gasteiger partial charge >= 0.3 is 0 Å². The summed E-state index contributed by atoms with van der Waals surface area (Å²) in [5.41, 5.74) is 5.89. The number of thioether (sulfide) groups is 1. The molecule has 0 heterocycles. The molecule has 140 valence electrons. The van der Waals surface area contributed by atoms with Gasteiger partial charge in [-0.05, 0) is 43.1 Å². The molecule has 6 nitrogen and oxygen atoms in total. The Labute approximate surface area is 150 Å². The van der Waals surface area contributed by atoms with Gasteiger partial charge in [-0.2, -0.15) is 11.8 Å². The number of nitrogens with two attached hydrogens (primary N) is 1. The third-order valence-corrected chi connectivity index (χ3v) is 4.17. The van der Waals surface area contributed by atoms with E-state index in [4.69, 9.17) is 5.73 Å². The topological polar surface area (TPSA) is 101 Å². The Hall–Kier alpha value is -1.08. The van der Waals surface area contributed by atoms with Crippen molar-refractivity contribution in [2.24, 2.45) is 17.6 Å². The molecule has 24 heavy (non-hydrogen) atoms. The SMILES string of the molecule is CSCC[C@@H](C=O)NC(=O)[C@H](CC(C)C)NC(=O)[C@@H](N)CC(C)C. The minimum Gasteiger partial charge on any atom is -0.345 e. The highest BCUT2D eigenvalue weighted by Gasteiger charge is 2.26. The van der Waals surface area contributed by atoms with Crippen molar-refractivity contribution >= 4 is 29.9 Å². The summed E-state index contributed by atoms with van der Waals surface area (Å²) in [6.45, 7) is 7.94. The summed E-state index contributed by atoms with van der Waals surface area (Å²) >= 11 is 1.62. The average Bonchev–Trinajstić information content (AvgIpc) is 2.49. The second-order valence-corrected chi connectivity index (χ2v) is 7.95. The molecule has 0 aliphatic rings. The summed E-state index contributed by atoms with van der Waals surface area (Å²) in [6, 6.07) is -1.83. The van der Waals surface area contributed by atoms with Gasteiger partial charge in [0.1, 0.15) is 12.3 Å². The Morgan fingerprint density at radius 2 is 1.62 bits per heavy atom. The van der Waals surface area contributed by atoms with Crippen molar-refractivity contribution < 1.29 is 14.4 Å². The van der Waals surface area contributed by atoms with Crippen molar-refractivity contribution in [3.63, 3.8) is 0 Å². The third-order valence-electron chi connectivity index (χ3n) is 3.53. The van der Waals surface area contributed by atoms with Crippen molar-refractivity contribution in [1.29, 1.82) is 0 Å². The molecule has 7 heteroatoms. The van der Waals surface area contributed by atoms with Crippen LogP contribution in [-0.4, -0.2) is 48.2 Å². The number of aldehydes is 1. The first-order valence-corrected chi connectivity index (χ1v) is 9.91. The zero-order valence-electron chi connectivity index (χ0n) is 15.5. The van der Waals surface area contributed by atoms with Crippen LogP contribution in [0.2, 0.25) is 0 Å². The number of hydrogen-bond donors (Lipinski definition) is 3. The molecule has 0 fully saturated rings. The van der Waals surface area contributed by atoms with Crippen LogP contribution in [0.5, 0.6) is 0 Å². The fourth-order valence-electron chi connectivity index (χ4n) is 2.30. The minimum absolute atomic E-state index is 0.225. The Balaban J connectivity index is 4.82. The first-order chi connectivity index (χ1) is 11.2. The molecule has 4 N–H and O–H groups in total. The van der Waals surface area contributed by atoms with Crippen molar-refractivity contribution in [2.45, 2.75) is 65.1 Å². The monoisotopic (exact) mass is 359 g/mol. The first kappa shape index (κ1) is 22.9. The van der Waals surface area contributed by atoms with Gasteiger partial charge in [0.25, 0.3) is 0 Å².